The van der Waals surface area contributed by atoms with E-state index in [0.717, 1.165) is 0 Å². The van der Waals surface area contributed by atoms with E-state index in [0.29, 0.717) is 16.2 Å². The first kappa shape index (κ1) is 11.7. The zero-order valence-electron chi connectivity index (χ0n) is 9.58. The van der Waals surface area contributed by atoms with Gasteiger partial charge in [-0.1, -0.05) is 18.2 Å². The summed E-state index contributed by atoms with van der Waals surface area (Å²) in [5.41, 5.74) is -0.346. The maximum atomic E-state index is 13.8. The van der Waals surface area contributed by atoms with Crippen molar-refractivity contribution in [2.75, 3.05) is 0 Å². The number of benzene rings is 3. The van der Waals surface area contributed by atoms with Crippen LogP contribution in [0.25, 0.3) is 21.5 Å². The summed E-state index contributed by atoms with van der Waals surface area (Å²) in [6, 6.07) is 8.20. The van der Waals surface area contributed by atoms with Crippen molar-refractivity contribution in [3.8, 4) is 0 Å². The Hall–Kier alpha value is -2.36. The van der Waals surface area contributed by atoms with Gasteiger partial charge < -0.3 is 0 Å². The summed E-state index contributed by atoms with van der Waals surface area (Å²) in [7, 11) is 0. The molecule has 3 aromatic rings. The van der Waals surface area contributed by atoms with Crippen molar-refractivity contribution in [1.29, 1.82) is 0 Å². The van der Waals surface area contributed by atoms with Gasteiger partial charge in [0.25, 0.3) is 0 Å². The van der Waals surface area contributed by atoms with Crippen molar-refractivity contribution in [3.05, 3.63) is 59.4 Å². The van der Waals surface area contributed by atoms with Crippen LogP contribution in [0.4, 0.5) is 13.2 Å². The third-order valence-corrected chi connectivity index (χ3v) is 3.13. The fourth-order valence-corrected chi connectivity index (χ4v) is 2.22. The third kappa shape index (κ3) is 1.68. The number of halogens is 3. The highest BCUT2D eigenvalue weighted by atomic mass is 19.2. The molecule has 19 heavy (non-hydrogen) atoms. The van der Waals surface area contributed by atoms with Crippen LogP contribution >= 0.6 is 0 Å². The largest absolute Gasteiger partial charge is 0.298 e. The van der Waals surface area contributed by atoms with E-state index in [9.17, 15) is 18.0 Å². The van der Waals surface area contributed by atoms with Gasteiger partial charge in [-0.3, -0.25) is 4.79 Å². The van der Waals surface area contributed by atoms with Crippen LogP contribution in [0.3, 0.4) is 0 Å². The number of rotatable bonds is 1. The predicted octanol–water partition coefficient (Wildman–Crippen LogP) is 4.22. The van der Waals surface area contributed by atoms with Gasteiger partial charge in [-0.25, -0.2) is 13.2 Å². The maximum absolute atomic E-state index is 13.8. The molecule has 0 aliphatic heterocycles. The molecule has 0 fully saturated rings. The Morgan fingerprint density at radius 2 is 1.53 bits per heavy atom. The fraction of sp³-hybridized carbons (Fsp3) is 0. The molecule has 0 spiro atoms. The maximum Gasteiger partial charge on any atom is 0.169 e. The highest BCUT2D eigenvalue weighted by Gasteiger charge is 2.14. The summed E-state index contributed by atoms with van der Waals surface area (Å²) in [6.07, 6.45) is 0.264. The number of hydrogen-bond donors (Lipinski definition) is 0. The Kier molecular flexibility index (Phi) is 2.52. The number of aldehydes is 1. The number of carbonyl (C=O) groups excluding carboxylic acids is 1. The van der Waals surface area contributed by atoms with Crippen molar-refractivity contribution in [1.82, 2.24) is 0 Å². The monoisotopic (exact) mass is 260 g/mol. The third-order valence-electron chi connectivity index (χ3n) is 3.13. The molecule has 0 saturated carbocycles. The second-order valence-corrected chi connectivity index (χ2v) is 4.24. The highest BCUT2D eigenvalue weighted by molar-refractivity contribution is 6.09. The van der Waals surface area contributed by atoms with Crippen LogP contribution in [0.15, 0.2) is 36.4 Å². The Balaban J connectivity index is 2.54. The normalized spacial score (nSPS) is 11.1. The Morgan fingerprint density at radius 3 is 2.26 bits per heavy atom. The van der Waals surface area contributed by atoms with Crippen LogP contribution in [0.5, 0.6) is 0 Å². The SMILES string of the molecule is O=Cc1cc2c(ccc3cc(F)ccc32)c(F)c1F. The first-order chi connectivity index (χ1) is 9.11. The van der Waals surface area contributed by atoms with Crippen LogP contribution < -0.4 is 0 Å². The molecule has 0 amide bonds. The standard InChI is InChI=1S/C15H7F3O/c16-10-2-4-11-8(5-10)1-3-12-13(11)6-9(7-19)14(17)15(12)18/h1-7H. The summed E-state index contributed by atoms with van der Waals surface area (Å²) in [6.45, 7) is 0. The lowest BCUT2D eigenvalue weighted by atomic mass is 9.99. The quantitative estimate of drug-likeness (QED) is 0.473. The van der Waals surface area contributed by atoms with Gasteiger partial charge >= 0.3 is 0 Å². The molecule has 0 saturated heterocycles. The second-order valence-electron chi connectivity index (χ2n) is 4.24. The van der Waals surface area contributed by atoms with Crippen molar-refractivity contribution in [3.63, 3.8) is 0 Å². The molecule has 0 radical (unpaired) electrons. The minimum Gasteiger partial charge on any atom is -0.298 e. The topological polar surface area (TPSA) is 17.1 Å². The van der Waals surface area contributed by atoms with E-state index >= 15 is 0 Å². The van der Waals surface area contributed by atoms with Crippen molar-refractivity contribution >= 4 is 27.8 Å². The molecule has 0 aromatic heterocycles. The molecule has 94 valence electrons. The summed E-state index contributed by atoms with van der Waals surface area (Å²) in [4.78, 5) is 10.7. The highest BCUT2D eigenvalue weighted by Crippen LogP contribution is 2.30. The van der Waals surface area contributed by atoms with Gasteiger partial charge in [-0.2, -0.15) is 0 Å². The van der Waals surface area contributed by atoms with Gasteiger partial charge in [0.15, 0.2) is 17.9 Å². The average molecular weight is 260 g/mol. The van der Waals surface area contributed by atoms with Crippen LogP contribution in [-0.2, 0) is 0 Å². The second kappa shape index (κ2) is 4.09. The zero-order chi connectivity index (χ0) is 13.6. The molecular formula is C15H7F3O. The Bertz CT molecular complexity index is 825. The van der Waals surface area contributed by atoms with Crippen LogP contribution in [0, 0.1) is 17.5 Å². The molecule has 1 nitrogen and oxygen atoms in total. The molecule has 0 bridgehead atoms. The summed E-state index contributed by atoms with van der Waals surface area (Å²) < 4.78 is 40.5. The van der Waals surface area contributed by atoms with Gasteiger partial charge in [0, 0.05) is 5.39 Å². The van der Waals surface area contributed by atoms with Crippen molar-refractivity contribution in [2.45, 2.75) is 0 Å². The molecule has 4 heteroatoms. The number of fused-ring (bicyclic) bond motifs is 3. The van der Waals surface area contributed by atoms with E-state index in [1.54, 1.807) is 0 Å². The van der Waals surface area contributed by atoms with Gasteiger partial charge in [0.1, 0.15) is 5.82 Å². The lowest BCUT2D eigenvalue weighted by molar-refractivity contribution is 0.111. The molecule has 3 aromatic carbocycles. The van der Waals surface area contributed by atoms with Gasteiger partial charge in [0.2, 0.25) is 0 Å². The van der Waals surface area contributed by atoms with E-state index in [4.69, 9.17) is 0 Å². The molecular weight excluding hydrogens is 253 g/mol. The fourth-order valence-electron chi connectivity index (χ4n) is 2.22. The van der Waals surface area contributed by atoms with E-state index in [2.05, 4.69) is 0 Å². The molecule has 0 heterocycles. The van der Waals surface area contributed by atoms with Crippen LogP contribution in [0.2, 0.25) is 0 Å². The minimum atomic E-state index is -1.16. The first-order valence-electron chi connectivity index (χ1n) is 5.57. The Labute approximate surface area is 106 Å². The summed E-state index contributed by atoms with van der Waals surface area (Å²) in [5.74, 6) is -2.64. The first-order valence-corrected chi connectivity index (χ1v) is 5.57. The summed E-state index contributed by atoms with van der Waals surface area (Å²) >= 11 is 0. The molecule has 0 aliphatic carbocycles. The molecule has 0 N–H and O–H groups in total. The van der Waals surface area contributed by atoms with E-state index in [1.165, 1.54) is 36.4 Å². The lowest BCUT2D eigenvalue weighted by Gasteiger charge is -2.07. The molecule has 3 rings (SSSR count). The van der Waals surface area contributed by atoms with Crippen molar-refractivity contribution < 1.29 is 18.0 Å². The average Bonchev–Trinajstić information content (AvgIpc) is 2.41. The predicted molar refractivity (Wildman–Crippen MR) is 66.7 cm³/mol. The van der Waals surface area contributed by atoms with Crippen molar-refractivity contribution in [2.24, 2.45) is 0 Å². The zero-order valence-corrected chi connectivity index (χ0v) is 9.58. The molecule has 0 atom stereocenters. The molecule has 0 aliphatic rings. The van der Waals surface area contributed by atoms with Crippen LogP contribution in [0.1, 0.15) is 10.4 Å². The lowest BCUT2D eigenvalue weighted by Crippen LogP contribution is -1.95. The number of hydrogen-bond acceptors (Lipinski definition) is 1. The summed E-state index contributed by atoms with van der Waals surface area (Å²) in [5, 5.41) is 1.59. The van der Waals surface area contributed by atoms with Gasteiger partial charge in [-0.05, 0) is 34.4 Å². The van der Waals surface area contributed by atoms with Crippen LogP contribution in [-0.4, -0.2) is 6.29 Å². The van der Waals surface area contributed by atoms with E-state index in [-0.39, 0.29) is 17.2 Å². The minimum absolute atomic E-state index is 0.0715. The van der Waals surface area contributed by atoms with Gasteiger partial charge in [-0.15, -0.1) is 0 Å². The van der Waals surface area contributed by atoms with E-state index < -0.39 is 17.5 Å². The van der Waals surface area contributed by atoms with E-state index in [1.807, 2.05) is 0 Å². The number of carbonyl (C=O) groups is 1. The smallest absolute Gasteiger partial charge is 0.169 e. The molecule has 0 unspecified atom stereocenters. The Morgan fingerprint density at radius 1 is 0.789 bits per heavy atom. The van der Waals surface area contributed by atoms with Gasteiger partial charge in [0.05, 0.1) is 5.56 Å².